The molecule has 0 bridgehead atoms. The Bertz CT molecular complexity index is 711. The number of aromatic nitrogens is 2. The van der Waals surface area contributed by atoms with Crippen molar-refractivity contribution in [1.29, 1.82) is 0 Å². The molecule has 0 fully saturated rings. The summed E-state index contributed by atoms with van der Waals surface area (Å²) in [5.74, 6) is -3.37. The van der Waals surface area contributed by atoms with E-state index < -0.39 is 23.2 Å². The third-order valence-corrected chi connectivity index (χ3v) is 3.40. The van der Waals surface area contributed by atoms with Gasteiger partial charge in [-0.05, 0) is 19.9 Å². The zero-order valence-corrected chi connectivity index (χ0v) is 11.9. The molecular weight excluding hydrogens is 280 g/mol. The van der Waals surface area contributed by atoms with Crippen LogP contribution in [0.3, 0.4) is 0 Å². The molecule has 21 heavy (non-hydrogen) atoms. The second-order valence-electron chi connectivity index (χ2n) is 4.74. The summed E-state index contributed by atoms with van der Waals surface area (Å²) in [4.78, 5) is 10.9. The Morgan fingerprint density at radius 1 is 1.33 bits per heavy atom. The van der Waals surface area contributed by atoms with Gasteiger partial charge in [0, 0.05) is 30.9 Å². The van der Waals surface area contributed by atoms with Gasteiger partial charge >= 0.3 is 5.97 Å². The molecule has 2 rings (SSSR count). The maximum absolute atomic E-state index is 13.7. The highest BCUT2D eigenvalue weighted by atomic mass is 19.1. The van der Waals surface area contributed by atoms with Crippen LogP contribution in [0.2, 0.25) is 0 Å². The second-order valence-corrected chi connectivity index (χ2v) is 4.74. The van der Waals surface area contributed by atoms with E-state index in [1.807, 2.05) is 13.8 Å². The van der Waals surface area contributed by atoms with E-state index in [0.717, 1.165) is 23.0 Å². The number of rotatable bonds is 4. The van der Waals surface area contributed by atoms with Gasteiger partial charge in [0.15, 0.2) is 0 Å². The summed E-state index contributed by atoms with van der Waals surface area (Å²) in [5.41, 5.74) is 1.97. The van der Waals surface area contributed by atoms with Gasteiger partial charge in [-0.2, -0.15) is 5.10 Å². The summed E-state index contributed by atoms with van der Waals surface area (Å²) in [6.45, 7) is 3.97. The fraction of sp³-hybridized carbons (Fsp3) is 0.286. The fourth-order valence-electron chi connectivity index (χ4n) is 2.11. The molecule has 0 amide bonds. The van der Waals surface area contributed by atoms with Crippen molar-refractivity contribution < 1.29 is 18.7 Å². The minimum Gasteiger partial charge on any atom is -0.478 e. The van der Waals surface area contributed by atoms with Crippen molar-refractivity contribution in [2.75, 3.05) is 5.32 Å². The first-order valence-electron chi connectivity index (χ1n) is 6.26. The van der Waals surface area contributed by atoms with Gasteiger partial charge in [-0.1, -0.05) is 0 Å². The lowest BCUT2D eigenvalue weighted by atomic mass is 10.1. The summed E-state index contributed by atoms with van der Waals surface area (Å²) in [6.07, 6.45) is 0. The molecule has 1 aromatic heterocycles. The standard InChI is InChI=1S/C14H15F2N3O2/c1-7-10(8(2)19(3)18-7)6-17-13-4-9(14(20)21)11(15)5-12(13)16/h4-5,17H,6H2,1-3H3,(H,20,21). The predicted octanol–water partition coefficient (Wildman–Crippen LogP) is 2.63. The number of carboxylic acids is 1. The maximum Gasteiger partial charge on any atom is 0.338 e. The SMILES string of the molecule is Cc1nn(C)c(C)c1CNc1cc(C(=O)O)c(F)cc1F. The molecule has 2 aromatic rings. The molecule has 0 aliphatic carbocycles. The van der Waals surface area contributed by atoms with Gasteiger partial charge in [-0.3, -0.25) is 4.68 Å². The van der Waals surface area contributed by atoms with Crippen LogP contribution in [0.15, 0.2) is 12.1 Å². The molecule has 0 unspecified atom stereocenters. The second kappa shape index (κ2) is 5.51. The topological polar surface area (TPSA) is 67.2 Å². The average Bonchev–Trinajstić information content (AvgIpc) is 2.62. The van der Waals surface area contributed by atoms with E-state index in [-0.39, 0.29) is 12.2 Å². The van der Waals surface area contributed by atoms with Crippen LogP contribution < -0.4 is 5.32 Å². The molecule has 0 saturated heterocycles. The molecular formula is C14H15F2N3O2. The molecule has 0 aliphatic heterocycles. The monoisotopic (exact) mass is 295 g/mol. The van der Waals surface area contributed by atoms with Gasteiger partial charge in [0.05, 0.1) is 16.9 Å². The van der Waals surface area contributed by atoms with Crippen molar-refractivity contribution in [1.82, 2.24) is 9.78 Å². The molecule has 0 aliphatic rings. The number of carbonyl (C=O) groups is 1. The Morgan fingerprint density at radius 3 is 2.52 bits per heavy atom. The van der Waals surface area contributed by atoms with E-state index in [1.165, 1.54) is 0 Å². The zero-order chi connectivity index (χ0) is 15.7. The lowest BCUT2D eigenvalue weighted by Crippen LogP contribution is -2.07. The number of hydrogen-bond acceptors (Lipinski definition) is 3. The lowest BCUT2D eigenvalue weighted by molar-refractivity contribution is 0.0692. The molecule has 112 valence electrons. The lowest BCUT2D eigenvalue weighted by Gasteiger charge is -2.09. The molecule has 7 heteroatoms. The number of anilines is 1. The normalized spacial score (nSPS) is 10.7. The highest BCUT2D eigenvalue weighted by Crippen LogP contribution is 2.21. The first-order valence-corrected chi connectivity index (χ1v) is 6.26. The number of halogens is 2. The summed E-state index contributed by atoms with van der Waals surface area (Å²) < 4.78 is 28.7. The van der Waals surface area contributed by atoms with Gasteiger partial charge < -0.3 is 10.4 Å². The van der Waals surface area contributed by atoms with Crippen molar-refractivity contribution in [2.24, 2.45) is 7.05 Å². The minimum atomic E-state index is -1.44. The summed E-state index contributed by atoms with van der Waals surface area (Å²) in [7, 11) is 1.80. The van der Waals surface area contributed by atoms with E-state index in [0.29, 0.717) is 6.07 Å². The quantitative estimate of drug-likeness (QED) is 0.910. The van der Waals surface area contributed by atoms with Crippen molar-refractivity contribution in [3.63, 3.8) is 0 Å². The number of nitrogens with one attached hydrogen (secondary N) is 1. The number of hydrogen-bond donors (Lipinski definition) is 2. The van der Waals surface area contributed by atoms with Crippen molar-refractivity contribution in [3.8, 4) is 0 Å². The van der Waals surface area contributed by atoms with Crippen molar-refractivity contribution >= 4 is 11.7 Å². The Kier molecular flexibility index (Phi) is 3.93. The smallest absolute Gasteiger partial charge is 0.338 e. The number of aromatic carboxylic acids is 1. The zero-order valence-electron chi connectivity index (χ0n) is 11.9. The van der Waals surface area contributed by atoms with Crippen molar-refractivity contribution in [3.05, 3.63) is 46.3 Å². The molecule has 0 saturated carbocycles. The van der Waals surface area contributed by atoms with Gasteiger partial charge in [-0.15, -0.1) is 0 Å². The van der Waals surface area contributed by atoms with Crippen LogP contribution in [-0.4, -0.2) is 20.9 Å². The minimum absolute atomic E-state index is 0.0588. The van der Waals surface area contributed by atoms with E-state index in [4.69, 9.17) is 5.11 Å². The Balaban J connectivity index is 2.28. The van der Waals surface area contributed by atoms with Crippen LogP contribution in [0.4, 0.5) is 14.5 Å². The van der Waals surface area contributed by atoms with Crippen LogP contribution >= 0.6 is 0 Å². The first-order chi connectivity index (χ1) is 9.81. The Labute approximate surface area is 120 Å². The third-order valence-electron chi connectivity index (χ3n) is 3.40. The van der Waals surface area contributed by atoms with E-state index in [9.17, 15) is 13.6 Å². The number of carboxylic acid groups (broad SMARTS) is 1. The first kappa shape index (κ1) is 15.0. The van der Waals surface area contributed by atoms with Gasteiger partial charge in [0.25, 0.3) is 0 Å². The van der Waals surface area contributed by atoms with Crippen LogP contribution in [0, 0.1) is 25.5 Å². The fourth-order valence-corrected chi connectivity index (χ4v) is 2.11. The Hall–Kier alpha value is -2.44. The largest absolute Gasteiger partial charge is 0.478 e. The third kappa shape index (κ3) is 2.86. The number of benzene rings is 1. The summed E-state index contributed by atoms with van der Waals surface area (Å²) in [5, 5.41) is 15.9. The van der Waals surface area contributed by atoms with Crippen LogP contribution in [0.1, 0.15) is 27.3 Å². The van der Waals surface area contributed by atoms with E-state index >= 15 is 0 Å². The van der Waals surface area contributed by atoms with Crippen LogP contribution in [0.25, 0.3) is 0 Å². The molecule has 1 aromatic carbocycles. The van der Waals surface area contributed by atoms with Gasteiger partial charge in [0.2, 0.25) is 0 Å². The molecule has 5 nitrogen and oxygen atoms in total. The highest BCUT2D eigenvalue weighted by Gasteiger charge is 2.16. The van der Waals surface area contributed by atoms with E-state index in [2.05, 4.69) is 10.4 Å². The van der Waals surface area contributed by atoms with Crippen molar-refractivity contribution in [2.45, 2.75) is 20.4 Å². The highest BCUT2D eigenvalue weighted by molar-refractivity contribution is 5.89. The van der Waals surface area contributed by atoms with Crippen LogP contribution in [0.5, 0.6) is 0 Å². The number of nitrogens with zero attached hydrogens (tertiary/aromatic N) is 2. The summed E-state index contributed by atoms with van der Waals surface area (Å²) in [6, 6.07) is 1.52. The van der Waals surface area contributed by atoms with Gasteiger partial charge in [-0.25, -0.2) is 13.6 Å². The van der Waals surface area contributed by atoms with Gasteiger partial charge in [0.1, 0.15) is 11.6 Å². The number of aryl methyl sites for hydroxylation is 2. The molecule has 0 spiro atoms. The van der Waals surface area contributed by atoms with Crippen LogP contribution in [-0.2, 0) is 13.6 Å². The maximum atomic E-state index is 13.7. The predicted molar refractivity (Wildman–Crippen MR) is 73.3 cm³/mol. The molecule has 0 radical (unpaired) electrons. The van der Waals surface area contributed by atoms with E-state index in [1.54, 1.807) is 11.7 Å². The summed E-state index contributed by atoms with van der Waals surface area (Å²) >= 11 is 0. The average molecular weight is 295 g/mol. The molecule has 1 heterocycles. The molecule has 2 N–H and O–H groups in total. The Morgan fingerprint density at radius 2 is 2.00 bits per heavy atom. The molecule has 0 atom stereocenters.